The smallest absolute Gasteiger partial charge is 0.262 e. The zero-order valence-corrected chi connectivity index (χ0v) is 14.1. The van der Waals surface area contributed by atoms with E-state index in [1.54, 1.807) is 18.2 Å². The van der Waals surface area contributed by atoms with Crippen molar-refractivity contribution in [3.05, 3.63) is 45.9 Å². The summed E-state index contributed by atoms with van der Waals surface area (Å²) in [4.78, 5) is 0.0276. The second kappa shape index (κ2) is 6.13. The van der Waals surface area contributed by atoms with Crippen LogP contribution in [0.4, 0.5) is 11.4 Å². The molecule has 2 rings (SSSR count). The zero-order valence-electron chi connectivity index (χ0n) is 10.9. The van der Waals surface area contributed by atoms with Crippen LogP contribution in [0.3, 0.4) is 0 Å². The van der Waals surface area contributed by atoms with Gasteiger partial charge in [0.1, 0.15) is 5.75 Å². The highest BCUT2D eigenvalue weighted by Gasteiger charge is 2.17. The van der Waals surface area contributed by atoms with Crippen LogP contribution in [0.15, 0.2) is 45.8 Å². The molecular weight excluding hydrogens is 380 g/mol. The third-order valence-electron chi connectivity index (χ3n) is 2.69. The molecular formula is C13H12BrClN2O3S. The molecule has 0 aliphatic rings. The first kappa shape index (κ1) is 15.9. The number of anilines is 2. The van der Waals surface area contributed by atoms with E-state index in [2.05, 4.69) is 20.7 Å². The standard InChI is InChI=1S/C13H12BrClN2O3S/c1-20-13-5-3-9(7-11(13)16)21(18,19)17-12-4-2-8(14)6-10(12)15/h2-7,17H,16H2,1H3. The zero-order chi connectivity index (χ0) is 15.6. The molecule has 5 nitrogen and oxygen atoms in total. The molecule has 112 valence electrons. The average Bonchev–Trinajstić information content (AvgIpc) is 2.42. The molecule has 0 saturated carbocycles. The lowest BCUT2D eigenvalue weighted by molar-refractivity contribution is 0.416. The van der Waals surface area contributed by atoms with Gasteiger partial charge in [-0.2, -0.15) is 0 Å². The molecule has 0 atom stereocenters. The summed E-state index contributed by atoms with van der Waals surface area (Å²) < 4.78 is 32.8. The molecule has 2 aromatic carbocycles. The number of methoxy groups -OCH3 is 1. The number of ether oxygens (including phenoxy) is 1. The van der Waals surface area contributed by atoms with Gasteiger partial charge in [0.05, 0.1) is 28.4 Å². The lowest BCUT2D eigenvalue weighted by Gasteiger charge is -2.11. The highest BCUT2D eigenvalue weighted by atomic mass is 79.9. The van der Waals surface area contributed by atoms with E-state index in [0.29, 0.717) is 5.75 Å². The molecule has 2 aromatic rings. The van der Waals surface area contributed by atoms with Gasteiger partial charge in [-0.1, -0.05) is 27.5 Å². The van der Waals surface area contributed by atoms with Crippen LogP contribution in [0.25, 0.3) is 0 Å². The number of benzene rings is 2. The van der Waals surface area contributed by atoms with Crippen LogP contribution in [-0.4, -0.2) is 15.5 Å². The van der Waals surface area contributed by atoms with Crippen LogP contribution >= 0.6 is 27.5 Å². The Morgan fingerprint density at radius 2 is 1.95 bits per heavy atom. The van der Waals surface area contributed by atoms with Crippen molar-refractivity contribution in [2.75, 3.05) is 17.6 Å². The van der Waals surface area contributed by atoms with Crippen molar-refractivity contribution in [1.82, 2.24) is 0 Å². The van der Waals surface area contributed by atoms with Gasteiger partial charge < -0.3 is 10.5 Å². The average molecular weight is 392 g/mol. The SMILES string of the molecule is COc1ccc(S(=O)(=O)Nc2ccc(Br)cc2Cl)cc1N. The molecule has 0 aliphatic heterocycles. The maximum atomic E-state index is 12.3. The normalized spacial score (nSPS) is 11.2. The summed E-state index contributed by atoms with van der Waals surface area (Å²) in [5, 5.41) is 0.287. The molecule has 0 aliphatic carbocycles. The Labute approximate surface area is 136 Å². The Morgan fingerprint density at radius 1 is 1.24 bits per heavy atom. The summed E-state index contributed by atoms with van der Waals surface area (Å²) >= 11 is 9.25. The van der Waals surface area contributed by atoms with E-state index in [1.165, 1.54) is 25.3 Å². The number of hydrogen-bond donors (Lipinski definition) is 2. The predicted molar refractivity (Wildman–Crippen MR) is 87.4 cm³/mol. The third-order valence-corrected chi connectivity index (χ3v) is 4.86. The number of nitrogens with one attached hydrogen (secondary N) is 1. The first-order valence-corrected chi connectivity index (χ1v) is 8.40. The number of nitrogens with two attached hydrogens (primary N) is 1. The van der Waals surface area contributed by atoms with Gasteiger partial charge in [-0.15, -0.1) is 0 Å². The Morgan fingerprint density at radius 3 is 2.52 bits per heavy atom. The third kappa shape index (κ3) is 3.61. The first-order valence-electron chi connectivity index (χ1n) is 5.75. The minimum atomic E-state index is -3.78. The van der Waals surface area contributed by atoms with Crippen LogP contribution in [0.5, 0.6) is 5.75 Å². The summed E-state index contributed by atoms with van der Waals surface area (Å²) in [6.07, 6.45) is 0. The summed E-state index contributed by atoms with van der Waals surface area (Å²) in [6, 6.07) is 9.08. The van der Waals surface area contributed by atoms with E-state index >= 15 is 0 Å². The summed E-state index contributed by atoms with van der Waals surface area (Å²) in [7, 11) is -2.32. The van der Waals surface area contributed by atoms with E-state index in [9.17, 15) is 8.42 Å². The van der Waals surface area contributed by atoms with Crippen molar-refractivity contribution < 1.29 is 13.2 Å². The Balaban J connectivity index is 2.36. The second-order valence-corrected chi connectivity index (χ2v) is 7.14. The molecule has 0 radical (unpaired) electrons. The molecule has 0 bridgehead atoms. The molecule has 0 heterocycles. The highest BCUT2D eigenvalue weighted by molar-refractivity contribution is 9.10. The number of sulfonamides is 1. The number of nitrogen functional groups attached to an aromatic ring is 1. The summed E-state index contributed by atoms with van der Waals surface area (Å²) in [5.74, 6) is 0.413. The molecule has 3 N–H and O–H groups in total. The fourth-order valence-corrected chi connectivity index (χ4v) is 3.55. The van der Waals surface area contributed by atoms with E-state index < -0.39 is 10.0 Å². The molecule has 8 heteroatoms. The fraction of sp³-hybridized carbons (Fsp3) is 0.0769. The van der Waals surface area contributed by atoms with Gasteiger partial charge in [0.15, 0.2) is 0 Å². The van der Waals surface area contributed by atoms with Gasteiger partial charge in [0.2, 0.25) is 0 Å². The van der Waals surface area contributed by atoms with Gasteiger partial charge in [0.25, 0.3) is 10.0 Å². The lowest BCUT2D eigenvalue weighted by Crippen LogP contribution is -2.13. The summed E-state index contributed by atoms with van der Waals surface area (Å²) in [5.41, 5.74) is 6.25. The minimum Gasteiger partial charge on any atom is -0.495 e. The summed E-state index contributed by atoms with van der Waals surface area (Å²) in [6.45, 7) is 0. The van der Waals surface area contributed by atoms with Crippen LogP contribution < -0.4 is 15.2 Å². The fourth-order valence-electron chi connectivity index (χ4n) is 1.66. The van der Waals surface area contributed by atoms with Crippen LogP contribution in [0.2, 0.25) is 5.02 Å². The van der Waals surface area contributed by atoms with E-state index in [4.69, 9.17) is 22.1 Å². The van der Waals surface area contributed by atoms with Crippen molar-refractivity contribution in [3.63, 3.8) is 0 Å². The van der Waals surface area contributed by atoms with Crippen molar-refractivity contribution in [2.24, 2.45) is 0 Å². The van der Waals surface area contributed by atoms with E-state index in [-0.39, 0.29) is 21.3 Å². The number of rotatable bonds is 4. The van der Waals surface area contributed by atoms with Crippen LogP contribution in [0, 0.1) is 0 Å². The van der Waals surface area contributed by atoms with Gasteiger partial charge >= 0.3 is 0 Å². The van der Waals surface area contributed by atoms with Crippen molar-refractivity contribution >= 4 is 48.9 Å². The Kier molecular flexibility index (Phi) is 4.65. The predicted octanol–water partition coefficient (Wildman–Crippen LogP) is 3.49. The molecule has 0 aromatic heterocycles. The van der Waals surface area contributed by atoms with Gasteiger partial charge in [-0.25, -0.2) is 8.42 Å². The topological polar surface area (TPSA) is 81.4 Å². The quantitative estimate of drug-likeness (QED) is 0.782. The van der Waals surface area contributed by atoms with Gasteiger partial charge in [-0.3, -0.25) is 4.72 Å². The minimum absolute atomic E-state index is 0.0276. The molecule has 0 unspecified atom stereocenters. The van der Waals surface area contributed by atoms with Crippen LogP contribution in [0.1, 0.15) is 0 Å². The number of hydrogen-bond acceptors (Lipinski definition) is 4. The van der Waals surface area contributed by atoms with E-state index in [1.807, 2.05) is 0 Å². The highest BCUT2D eigenvalue weighted by Crippen LogP contribution is 2.29. The van der Waals surface area contributed by atoms with E-state index in [0.717, 1.165) is 4.47 Å². The Hall–Kier alpha value is -1.44. The van der Waals surface area contributed by atoms with Crippen molar-refractivity contribution in [2.45, 2.75) is 4.90 Å². The molecule has 0 spiro atoms. The largest absolute Gasteiger partial charge is 0.495 e. The van der Waals surface area contributed by atoms with Gasteiger partial charge in [0, 0.05) is 4.47 Å². The van der Waals surface area contributed by atoms with Gasteiger partial charge in [-0.05, 0) is 36.4 Å². The molecule has 0 saturated heterocycles. The molecule has 0 amide bonds. The Bertz CT molecular complexity index is 781. The lowest BCUT2D eigenvalue weighted by atomic mass is 10.3. The maximum Gasteiger partial charge on any atom is 0.262 e. The molecule has 21 heavy (non-hydrogen) atoms. The van der Waals surface area contributed by atoms with Crippen LogP contribution in [-0.2, 0) is 10.0 Å². The van der Waals surface area contributed by atoms with Crippen molar-refractivity contribution in [1.29, 1.82) is 0 Å². The first-order chi connectivity index (χ1) is 9.83. The maximum absolute atomic E-state index is 12.3. The molecule has 0 fully saturated rings. The number of halogens is 2. The monoisotopic (exact) mass is 390 g/mol. The van der Waals surface area contributed by atoms with Crippen molar-refractivity contribution in [3.8, 4) is 5.75 Å². The second-order valence-electron chi connectivity index (χ2n) is 4.13.